The highest BCUT2D eigenvalue weighted by atomic mass is 14.6. The fraction of sp³-hybridized carbons (Fsp3) is 0.167. The lowest BCUT2D eigenvalue weighted by Crippen LogP contribution is -1.95. The van der Waals surface area contributed by atoms with Crippen LogP contribution in [0.4, 0.5) is 0 Å². The van der Waals surface area contributed by atoms with E-state index in [1.54, 1.807) is 12.4 Å². The van der Waals surface area contributed by atoms with Gasteiger partial charge in [0, 0.05) is 20.4 Å². The molecule has 8 heavy (non-hydrogen) atoms. The Morgan fingerprint density at radius 2 is 2.62 bits per heavy atom. The maximum atomic E-state index is 5.31. The van der Waals surface area contributed by atoms with E-state index in [-0.39, 0.29) is 1.43 Å². The highest BCUT2D eigenvalue weighted by Crippen LogP contribution is 1.90. The third kappa shape index (κ3) is 1.04. The highest BCUT2D eigenvalue weighted by Gasteiger charge is 1.81. The first-order valence-electron chi connectivity index (χ1n) is 2.52. The Balaban J connectivity index is 0.000000640. The van der Waals surface area contributed by atoms with Crippen LogP contribution in [0.1, 0.15) is 6.99 Å². The van der Waals surface area contributed by atoms with Crippen molar-refractivity contribution in [3.05, 3.63) is 30.1 Å². The minimum absolute atomic E-state index is 0. The van der Waals surface area contributed by atoms with Crippen LogP contribution in [0.25, 0.3) is 0 Å². The maximum absolute atomic E-state index is 5.31. The van der Waals surface area contributed by atoms with Gasteiger partial charge in [-0.15, -0.1) is 0 Å². The number of rotatable bonds is 1. The largest absolute Gasteiger partial charge is 0.326 e. The van der Waals surface area contributed by atoms with Crippen LogP contribution in [-0.4, -0.2) is 4.98 Å². The van der Waals surface area contributed by atoms with E-state index in [2.05, 4.69) is 4.98 Å². The summed E-state index contributed by atoms with van der Waals surface area (Å²) in [4.78, 5) is 3.88. The normalized spacial score (nSPS) is 9.12. The predicted molar refractivity (Wildman–Crippen MR) is 34.2 cm³/mol. The summed E-state index contributed by atoms with van der Waals surface area (Å²) >= 11 is 0. The second kappa shape index (κ2) is 2.43. The van der Waals surface area contributed by atoms with E-state index in [1.807, 2.05) is 12.1 Å². The molecule has 2 heteroatoms. The third-order valence-corrected chi connectivity index (χ3v) is 0.958. The second-order valence-corrected chi connectivity index (χ2v) is 1.57. The highest BCUT2D eigenvalue weighted by molar-refractivity contribution is 5.06. The van der Waals surface area contributed by atoms with Crippen molar-refractivity contribution in [1.82, 2.24) is 4.98 Å². The average molecular weight is 110 g/mol. The van der Waals surface area contributed by atoms with Crippen molar-refractivity contribution in [2.75, 3.05) is 0 Å². The Labute approximate surface area is 49.8 Å². The molecule has 0 spiro atoms. The molecule has 0 atom stereocenters. The van der Waals surface area contributed by atoms with E-state index >= 15 is 0 Å². The monoisotopic (exact) mass is 110 g/mol. The van der Waals surface area contributed by atoms with Crippen molar-refractivity contribution in [1.29, 1.82) is 0 Å². The molecule has 44 valence electrons. The zero-order valence-electron chi connectivity index (χ0n) is 4.54. The molecule has 0 aliphatic rings. The van der Waals surface area contributed by atoms with Gasteiger partial charge in [-0.05, 0) is 11.6 Å². The number of nitrogens with two attached hydrogens (primary N) is 1. The molecule has 0 unspecified atom stereocenters. The first-order valence-corrected chi connectivity index (χ1v) is 2.52. The molecule has 0 aromatic carbocycles. The van der Waals surface area contributed by atoms with E-state index in [0.717, 1.165) is 5.56 Å². The summed E-state index contributed by atoms with van der Waals surface area (Å²) in [6.45, 7) is 0.577. The smallest absolute Gasteiger partial charge is 0.0312 e. The van der Waals surface area contributed by atoms with Gasteiger partial charge in [-0.25, -0.2) is 0 Å². The quantitative estimate of drug-likeness (QED) is 0.580. The van der Waals surface area contributed by atoms with Gasteiger partial charge in [-0.3, -0.25) is 4.98 Å². The van der Waals surface area contributed by atoms with E-state index in [4.69, 9.17) is 5.73 Å². The van der Waals surface area contributed by atoms with E-state index in [0.29, 0.717) is 6.54 Å². The maximum Gasteiger partial charge on any atom is 0.0312 e. The molecule has 2 N–H and O–H groups in total. The van der Waals surface area contributed by atoms with Gasteiger partial charge < -0.3 is 5.73 Å². The second-order valence-electron chi connectivity index (χ2n) is 1.57. The van der Waals surface area contributed by atoms with Gasteiger partial charge in [0.2, 0.25) is 0 Å². The minimum atomic E-state index is 0. The van der Waals surface area contributed by atoms with E-state index in [1.165, 1.54) is 0 Å². The third-order valence-electron chi connectivity index (χ3n) is 0.958. The lowest BCUT2D eigenvalue weighted by atomic mass is 10.3. The number of hydrogen-bond acceptors (Lipinski definition) is 2. The molecule has 0 bridgehead atoms. The molecular weight excluding hydrogens is 100 g/mol. The number of aromatic nitrogens is 1. The van der Waals surface area contributed by atoms with Crippen molar-refractivity contribution in [3.63, 3.8) is 0 Å². The molecule has 1 aromatic rings. The fourth-order valence-electron chi connectivity index (χ4n) is 0.519. The summed E-state index contributed by atoms with van der Waals surface area (Å²) in [5.74, 6) is 0. The van der Waals surface area contributed by atoms with E-state index in [9.17, 15) is 0 Å². The van der Waals surface area contributed by atoms with Crippen molar-refractivity contribution in [3.8, 4) is 0 Å². The SMILES string of the molecule is NCc1cccnc1.[HH]. The molecule has 1 heterocycles. The Kier molecular flexibility index (Phi) is 1.59. The molecule has 0 aliphatic carbocycles. The molecule has 0 fully saturated rings. The van der Waals surface area contributed by atoms with Gasteiger partial charge in [-0.2, -0.15) is 0 Å². The van der Waals surface area contributed by atoms with Gasteiger partial charge in [-0.1, -0.05) is 6.07 Å². The topological polar surface area (TPSA) is 38.9 Å². The van der Waals surface area contributed by atoms with Crippen LogP contribution in [0.15, 0.2) is 24.5 Å². The van der Waals surface area contributed by atoms with Gasteiger partial charge in [0.15, 0.2) is 0 Å². The lowest BCUT2D eigenvalue weighted by molar-refractivity contribution is 1.05. The van der Waals surface area contributed by atoms with Gasteiger partial charge in [0.25, 0.3) is 0 Å². The lowest BCUT2D eigenvalue weighted by Gasteiger charge is -1.89. The van der Waals surface area contributed by atoms with Crippen molar-refractivity contribution >= 4 is 0 Å². The average Bonchev–Trinajstić information content (AvgIpc) is 1.90. The van der Waals surface area contributed by atoms with Gasteiger partial charge in [0.05, 0.1) is 0 Å². The summed E-state index contributed by atoms with van der Waals surface area (Å²) < 4.78 is 0. The Bertz CT molecular complexity index is 152. The molecule has 2 nitrogen and oxygen atoms in total. The van der Waals surface area contributed by atoms with Crippen LogP contribution in [-0.2, 0) is 6.54 Å². The molecular formula is C6H10N2. The molecule has 0 amide bonds. The molecule has 0 aliphatic heterocycles. The molecule has 1 aromatic heterocycles. The summed E-state index contributed by atoms with van der Waals surface area (Å²) in [6, 6.07) is 3.83. The van der Waals surface area contributed by atoms with Crippen LogP contribution in [0, 0.1) is 0 Å². The first-order chi connectivity index (χ1) is 3.93. The molecule has 0 radical (unpaired) electrons. The molecule has 0 saturated carbocycles. The van der Waals surface area contributed by atoms with Gasteiger partial charge in [0.1, 0.15) is 0 Å². The summed E-state index contributed by atoms with van der Waals surface area (Å²) in [7, 11) is 0. The summed E-state index contributed by atoms with van der Waals surface area (Å²) in [6.07, 6.45) is 3.50. The van der Waals surface area contributed by atoms with Gasteiger partial charge >= 0.3 is 0 Å². The number of hydrogen-bond donors (Lipinski definition) is 1. The fourth-order valence-corrected chi connectivity index (χ4v) is 0.519. The molecule has 1 rings (SSSR count). The first kappa shape index (κ1) is 5.25. The Hall–Kier alpha value is -0.890. The van der Waals surface area contributed by atoms with Crippen molar-refractivity contribution < 1.29 is 1.43 Å². The Morgan fingerprint density at radius 3 is 3.00 bits per heavy atom. The van der Waals surface area contributed by atoms with Crippen molar-refractivity contribution in [2.45, 2.75) is 6.54 Å². The zero-order valence-corrected chi connectivity index (χ0v) is 4.54. The standard InChI is InChI=1S/C6H8N2.H2/c7-4-6-2-1-3-8-5-6;/h1-3,5H,4,7H2;1H. The molecule has 0 saturated heterocycles. The summed E-state index contributed by atoms with van der Waals surface area (Å²) in [5, 5.41) is 0. The predicted octanol–water partition coefficient (Wildman–Crippen LogP) is 0.786. The van der Waals surface area contributed by atoms with Crippen molar-refractivity contribution in [2.24, 2.45) is 5.73 Å². The van der Waals surface area contributed by atoms with E-state index < -0.39 is 0 Å². The van der Waals surface area contributed by atoms with Crippen LogP contribution in [0.2, 0.25) is 0 Å². The van der Waals surface area contributed by atoms with Crippen LogP contribution < -0.4 is 5.73 Å². The number of nitrogens with zero attached hydrogens (tertiary/aromatic N) is 1. The number of pyridine rings is 1. The van der Waals surface area contributed by atoms with Crippen LogP contribution in [0.3, 0.4) is 0 Å². The summed E-state index contributed by atoms with van der Waals surface area (Å²) in [5.41, 5.74) is 6.39. The van der Waals surface area contributed by atoms with Crippen LogP contribution in [0.5, 0.6) is 0 Å². The minimum Gasteiger partial charge on any atom is -0.326 e. The Morgan fingerprint density at radius 1 is 1.75 bits per heavy atom. The van der Waals surface area contributed by atoms with Crippen LogP contribution >= 0.6 is 0 Å². The zero-order chi connectivity index (χ0) is 5.82.